The first kappa shape index (κ1) is 13.0. The quantitative estimate of drug-likeness (QED) is 0.897. The van der Waals surface area contributed by atoms with E-state index in [9.17, 15) is 0 Å². The minimum Gasteiger partial charge on any atom is -0.309 e. The van der Waals surface area contributed by atoms with Gasteiger partial charge < -0.3 is 5.32 Å². The van der Waals surface area contributed by atoms with Crippen LogP contribution in [0.3, 0.4) is 0 Å². The zero-order chi connectivity index (χ0) is 12.4. The molecule has 1 saturated heterocycles. The molecule has 0 amide bonds. The summed E-state index contributed by atoms with van der Waals surface area (Å²) in [6.07, 6.45) is 0. The van der Waals surface area contributed by atoms with Crippen LogP contribution >= 0.6 is 11.3 Å². The summed E-state index contributed by atoms with van der Waals surface area (Å²) in [5.41, 5.74) is 1.24. The number of hydrogen-bond donors (Lipinski definition) is 1. The van der Waals surface area contributed by atoms with Gasteiger partial charge in [0.1, 0.15) is 0 Å². The normalized spacial score (nSPS) is 26.6. The third-order valence-corrected chi connectivity index (χ3v) is 4.28. The Labute approximate surface area is 108 Å². The summed E-state index contributed by atoms with van der Waals surface area (Å²) in [6.45, 7) is 12.2. The Bertz CT molecular complexity index is 351. The highest BCUT2D eigenvalue weighted by Crippen LogP contribution is 2.20. The zero-order valence-corrected chi connectivity index (χ0v) is 12.0. The van der Waals surface area contributed by atoms with E-state index in [0.29, 0.717) is 18.0 Å². The van der Waals surface area contributed by atoms with Gasteiger partial charge in [0.05, 0.1) is 10.7 Å². The molecule has 4 heteroatoms. The van der Waals surface area contributed by atoms with Crippen molar-refractivity contribution in [3.05, 3.63) is 16.1 Å². The van der Waals surface area contributed by atoms with E-state index in [1.54, 1.807) is 11.3 Å². The van der Waals surface area contributed by atoms with Crippen molar-refractivity contribution in [2.45, 2.75) is 52.2 Å². The maximum atomic E-state index is 4.71. The largest absolute Gasteiger partial charge is 0.309 e. The van der Waals surface area contributed by atoms with Crippen molar-refractivity contribution in [3.8, 4) is 0 Å². The first-order chi connectivity index (χ1) is 8.04. The Morgan fingerprint density at radius 1 is 1.41 bits per heavy atom. The monoisotopic (exact) mass is 253 g/mol. The highest BCUT2D eigenvalue weighted by Gasteiger charge is 2.21. The molecule has 2 unspecified atom stereocenters. The lowest BCUT2D eigenvalue weighted by atomic mass is 10.1. The lowest BCUT2D eigenvalue weighted by Crippen LogP contribution is -2.53. The van der Waals surface area contributed by atoms with Crippen LogP contribution in [0.25, 0.3) is 0 Å². The van der Waals surface area contributed by atoms with Crippen LogP contribution in [-0.2, 0) is 6.54 Å². The Balaban J connectivity index is 1.95. The Hall–Kier alpha value is -0.450. The summed E-state index contributed by atoms with van der Waals surface area (Å²) < 4.78 is 0. The van der Waals surface area contributed by atoms with Gasteiger partial charge in [-0.25, -0.2) is 4.98 Å². The Morgan fingerprint density at radius 2 is 2.06 bits per heavy atom. The lowest BCUT2D eigenvalue weighted by molar-refractivity contribution is 0.165. The van der Waals surface area contributed by atoms with Crippen molar-refractivity contribution in [1.82, 2.24) is 15.2 Å². The fraction of sp³-hybridized carbons (Fsp3) is 0.769. The second-order valence-corrected chi connectivity index (χ2v) is 6.38. The second-order valence-electron chi connectivity index (χ2n) is 5.49. The van der Waals surface area contributed by atoms with Gasteiger partial charge in [0.15, 0.2) is 0 Å². The van der Waals surface area contributed by atoms with E-state index < -0.39 is 0 Å². The standard InChI is InChI=1S/C13H23N3S/c1-9(2)13-15-12(8-17-13)7-16-5-10(3)14-11(4)6-16/h8-11,14H,5-7H2,1-4H3. The van der Waals surface area contributed by atoms with Crippen molar-refractivity contribution in [2.75, 3.05) is 13.1 Å². The predicted molar refractivity (Wildman–Crippen MR) is 73.5 cm³/mol. The molecule has 0 radical (unpaired) electrons. The summed E-state index contributed by atoms with van der Waals surface area (Å²) in [5.74, 6) is 0.551. The summed E-state index contributed by atoms with van der Waals surface area (Å²) >= 11 is 1.79. The van der Waals surface area contributed by atoms with Crippen molar-refractivity contribution >= 4 is 11.3 Å². The molecule has 1 aliphatic heterocycles. The fourth-order valence-corrected chi connectivity index (χ4v) is 3.29. The van der Waals surface area contributed by atoms with E-state index >= 15 is 0 Å². The van der Waals surface area contributed by atoms with Gasteiger partial charge in [-0.2, -0.15) is 0 Å². The smallest absolute Gasteiger partial charge is 0.0954 e. The van der Waals surface area contributed by atoms with Gasteiger partial charge >= 0.3 is 0 Å². The molecule has 2 atom stereocenters. The molecule has 0 aromatic carbocycles. The molecule has 2 rings (SSSR count). The van der Waals surface area contributed by atoms with E-state index in [4.69, 9.17) is 4.98 Å². The minimum atomic E-state index is 0.551. The molecular weight excluding hydrogens is 230 g/mol. The van der Waals surface area contributed by atoms with Crippen LogP contribution in [0.4, 0.5) is 0 Å². The molecule has 1 fully saturated rings. The molecule has 0 spiro atoms. The number of nitrogens with one attached hydrogen (secondary N) is 1. The first-order valence-corrected chi connectivity index (χ1v) is 7.35. The number of nitrogens with zero attached hydrogens (tertiary/aromatic N) is 2. The van der Waals surface area contributed by atoms with Crippen LogP contribution < -0.4 is 5.32 Å². The van der Waals surface area contributed by atoms with Crippen molar-refractivity contribution in [3.63, 3.8) is 0 Å². The second kappa shape index (κ2) is 5.46. The average molecular weight is 253 g/mol. The maximum absolute atomic E-state index is 4.71. The molecule has 1 aromatic rings. The van der Waals surface area contributed by atoms with Crippen LogP contribution in [-0.4, -0.2) is 35.1 Å². The third kappa shape index (κ3) is 3.50. The molecule has 1 N–H and O–H groups in total. The van der Waals surface area contributed by atoms with Gasteiger partial charge in [0.25, 0.3) is 0 Å². The summed E-state index contributed by atoms with van der Waals surface area (Å²) in [5, 5.41) is 7.03. The Morgan fingerprint density at radius 3 is 2.59 bits per heavy atom. The minimum absolute atomic E-state index is 0.551. The van der Waals surface area contributed by atoms with Crippen LogP contribution in [0.15, 0.2) is 5.38 Å². The van der Waals surface area contributed by atoms with Crippen molar-refractivity contribution in [1.29, 1.82) is 0 Å². The zero-order valence-electron chi connectivity index (χ0n) is 11.2. The average Bonchev–Trinajstić information content (AvgIpc) is 2.64. The number of piperazine rings is 1. The van der Waals surface area contributed by atoms with E-state index in [0.717, 1.165) is 19.6 Å². The Kier molecular flexibility index (Phi) is 4.17. The van der Waals surface area contributed by atoms with Crippen molar-refractivity contribution in [2.24, 2.45) is 0 Å². The van der Waals surface area contributed by atoms with Crippen LogP contribution in [0.5, 0.6) is 0 Å². The number of hydrogen-bond acceptors (Lipinski definition) is 4. The highest BCUT2D eigenvalue weighted by atomic mass is 32.1. The number of aromatic nitrogens is 1. The van der Waals surface area contributed by atoms with Gasteiger partial charge in [-0.1, -0.05) is 13.8 Å². The number of rotatable bonds is 3. The van der Waals surface area contributed by atoms with E-state index in [-0.39, 0.29) is 0 Å². The predicted octanol–water partition coefficient (Wildman–Crippen LogP) is 2.45. The van der Waals surface area contributed by atoms with Gasteiger partial charge in [0.2, 0.25) is 0 Å². The van der Waals surface area contributed by atoms with Gasteiger partial charge in [-0.15, -0.1) is 11.3 Å². The summed E-state index contributed by atoms with van der Waals surface area (Å²) in [7, 11) is 0. The first-order valence-electron chi connectivity index (χ1n) is 6.47. The summed E-state index contributed by atoms with van der Waals surface area (Å²) in [6, 6.07) is 1.17. The molecule has 17 heavy (non-hydrogen) atoms. The molecule has 3 nitrogen and oxygen atoms in total. The molecule has 1 aromatic heterocycles. The van der Waals surface area contributed by atoms with Crippen LogP contribution in [0.1, 0.15) is 44.3 Å². The molecule has 96 valence electrons. The molecular formula is C13H23N3S. The van der Waals surface area contributed by atoms with Gasteiger partial charge in [0, 0.05) is 43.0 Å². The molecule has 2 heterocycles. The van der Waals surface area contributed by atoms with Crippen LogP contribution in [0.2, 0.25) is 0 Å². The SMILES string of the molecule is CC1CN(Cc2csc(C(C)C)n2)CC(C)N1. The van der Waals surface area contributed by atoms with E-state index in [1.165, 1.54) is 10.7 Å². The molecule has 0 saturated carbocycles. The molecule has 1 aliphatic rings. The van der Waals surface area contributed by atoms with E-state index in [2.05, 4.69) is 43.3 Å². The molecule has 0 bridgehead atoms. The van der Waals surface area contributed by atoms with Gasteiger partial charge in [-0.3, -0.25) is 4.90 Å². The fourth-order valence-electron chi connectivity index (χ4n) is 2.46. The van der Waals surface area contributed by atoms with E-state index in [1.807, 2.05) is 0 Å². The topological polar surface area (TPSA) is 28.2 Å². The van der Waals surface area contributed by atoms with Crippen molar-refractivity contribution < 1.29 is 0 Å². The summed E-state index contributed by atoms with van der Waals surface area (Å²) in [4.78, 5) is 7.22. The highest BCUT2D eigenvalue weighted by molar-refractivity contribution is 7.09. The van der Waals surface area contributed by atoms with Gasteiger partial charge in [-0.05, 0) is 13.8 Å². The maximum Gasteiger partial charge on any atom is 0.0954 e. The third-order valence-electron chi connectivity index (χ3n) is 3.08. The lowest BCUT2D eigenvalue weighted by Gasteiger charge is -2.35. The van der Waals surface area contributed by atoms with Crippen LogP contribution in [0, 0.1) is 0 Å². The number of thiazole rings is 1. The molecule has 0 aliphatic carbocycles.